The molecule has 0 fully saturated rings. The lowest BCUT2D eigenvalue weighted by Gasteiger charge is -2.12. The number of nitrogens with zero attached hydrogens (tertiary/aromatic N) is 2. The lowest BCUT2D eigenvalue weighted by Crippen LogP contribution is -2.36. The predicted octanol–water partition coefficient (Wildman–Crippen LogP) is 7.21. The van der Waals surface area contributed by atoms with Gasteiger partial charge in [-0.1, -0.05) is 79.0 Å². The van der Waals surface area contributed by atoms with Gasteiger partial charge in [-0.2, -0.15) is 0 Å². The SMILES string of the molecule is Cc1c(-c2ccccc2)c2c3ccccc3c3cccc(C(C)C)c3[n+]2n1C(C)C. The van der Waals surface area contributed by atoms with E-state index in [0.717, 1.165) is 0 Å². The van der Waals surface area contributed by atoms with Crippen molar-refractivity contribution in [1.29, 1.82) is 0 Å². The molecule has 0 saturated carbocycles. The van der Waals surface area contributed by atoms with Gasteiger partial charge < -0.3 is 0 Å². The van der Waals surface area contributed by atoms with Crippen LogP contribution in [0.4, 0.5) is 0 Å². The summed E-state index contributed by atoms with van der Waals surface area (Å²) in [5, 5.41) is 3.97. The van der Waals surface area contributed by atoms with Crippen molar-refractivity contribution in [2.24, 2.45) is 0 Å². The fraction of sp³-hybridized carbons (Fsp3) is 0.250. The molecule has 150 valence electrons. The molecule has 0 amide bonds. The summed E-state index contributed by atoms with van der Waals surface area (Å²) in [5.74, 6) is 0.446. The molecule has 5 aromatic rings. The first-order valence-corrected chi connectivity index (χ1v) is 11.0. The lowest BCUT2D eigenvalue weighted by molar-refractivity contribution is -0.586. The summed E-state index contributed by atoms with van der Waals surface area (Å²) in [6.45, 7) is 11.4. The second-order valence-corrected chi connectivity index (χ2v) is 8.87. The maximum atomic E-state index is 2.51. The first kappa shape index (κ1) is 18.9. The van der Waals surface area contributed by atoms with Gasteiger partial charge in [0.2, 0.25) is 5.52 Å². The number of fused-ring (bicyclic) bond motifs is 6. The molecular formula is C28H29N2+. The Morgan fingerprint density at radius 3 is 1.93 bits per heavy atom. The number of para-hydroxylation sites is 1. The van der Waals surface area contributed by atoms with Gasteiger partial charge in [-0.25, -0.2) is 0 Å². The van der Waals surface area contributed by atoms with Gasteiger partial charge in [0.15, 0.2) is 0 Å². The molecule has 0 bridgehead atoms. The van der Waals surface area contributed by atoms with Gasteiger partial charge in [-0.05, 0) is 44.4 Å². The highest BCUT2D eigenvalue weighted by atomic mass is 15.4. The van der Waals surface area contributed by atoms with E-state index in [1.54, 1.807) is 0 Å². The van der Waals surface area contributed by atoms with Gasteiger partial charge in [-0.15, -0.1) is 4.68 Å². The van der Waals surface area contributed by atoms with Crippen LogP contribution in [-0.2, 0) is 0 Å². The molecule has 0 aliphatic rings. The van der Waals surface area contributed by atoms with Crippen molar-refractivity contribution >= 4 is 27.2 Å². The van der Waals surface area contributed by atoms with E-state index in [1.807, 2.05) is 0 Å². The van der Waals surface area contributed by atoms with Crippen molar-refractivity contribution in [3.63, 3.8) is 0 Å². The third-order valence-electron chi connectivity index (χ3n) is 6.29. The van der Waals surface area contributed by atoms with Gasteiger partial charge >= 0.3 is 0 Å². The van der Waals surface area contributed by atoms with Crippen molar-refractivity contribution in [3.05, 3.63) is 84.1 Å². The Kier molecular flexibility index (Phi) is 4.39. The van der Waals surface area contributed by atoms with Crippen molar-refractivity contribution in [1.82, 2.24) is 4.68 Å². The number of rotatable bonds is 3. The molecule has 0 radical (unpaired) electrons. The first-order chi connectivity index (χ1) is 14.5. The van der Waals surface area contributed by atoms with Crippen LogP contribution in [0.1, 0.15) is 50.9 Å². The molecule has 0 aliphatic heterocycles. The Bertz CT molecular complexity index is 1390. The van der Waals surface area contributed by atoms with Gasteiger partial charge in [-0.3, -0.25) is 0 Å². The summed E-state index contributed by atoms with van der Waals surface area (Å²) in [6, 6.07) is 26.9. The Hall–Kier alpha value is -3.13. The van der Waals surface area contributed by atoms with E-state index in [2.05, 4.69) is 117 Å². The van der Waals surface area contributed by atoms with Gasteiger partial charge in [0.1, 0.15) is 0 Å². The average molecular weight is 394 g/mol. The highest BCUT2D eigenvalue weighted by molar-refractivity contribution is 6.13. The van der Waals surface area contributed by atoms with Crippen LogP contribution in [0, 0.1) is 6.92 Å². The van der Waals surface area contributed by atoms with Gasteiger partial charge in [0.05, 0.1) is 28.1 Å². The van der Waals surface area contributed by atoms with E-state index < -0.39 is 0 Å². The molecule has 2 aromatic heterocycles. The number of pyridine rings is 1. The van der Waals surface area contributed by atoms with Crippen molar-refractivity contribution in [2.45, 2.75) is 46.6 Å². The third kappa shape index (κ3) is 2.60. The Labute approximate surface area is 178 Å². The largest absolute Gasteiger partial charge is 0.254 e. The molecule has 2 heteroatoms. The molecule has 30 heavy (non-hydrogen) atoms. The number of hydrogen-bond donors (Lipinski definition) is 0. The summed E-state index contributed by atoms with van der Waals surface area (Å²) in [4.78, 5) is 0. The number of hydrogen-bond acceptors (Lipinski definition) is 0. The standard InChI is InChI=1S/C28H29N2/c1-18(2)22-16-11-17-24-23-14-9-10-15-25(23)28-26(21-12-7-6-8-13-21)20(5)29(19(3)4)30(28)27(22)24/h6-19H,1-5H3/q+1. The Morgan fingerprint density at radius 1 is 0.667 bits per heavy atom. The highest BCUT2D eigenvalue weighted by Gasteiger charge is 2.31. The molecule has 5 rings (SSSR count). The highest BCUT2D eigenvalue weighted by Crippen LogP contribution is 2.37. The lowest BCUT2D eigenvalue weighted by atomic mass is 9.95. The van der Waals surface area contributed by atoms with Crippen LogP contribution in [0.5, 0.6) is 0 Å². The molecular weight excluding hydrogens is 364 g/mol. The second-order valence-electron chi connectivity index (χ2n) is 8.87. The summed E-state index contributed by atoms with van der Waals surface area (Å²) in [5.41, 5.74) is 7.96. The summed E-state index contributed by atoms with van der Waals surface area (Å²) in [7, 11) is 0. The fourth-order valence-electron chi connectivity index (χ4n) is 5.09. The van der Waals surface area contributed by atoms with Crippen molar-refractivity contribution in [2.75, 3.05) is 0 Å². The molecule has 0 atom stereocenters. The predicted molar refractivity (Wildman–Crippen MR) is 127 cm³/mol. The average Bonchev–Trinajstić information content (AvgIpc) is 3.07. The molecule has 0 saturated heterocycles. The zero-order chi connectivity index (χ0) is 21.0. The van der Waals surface area contributed by atoms with Crippen molar-refractivity contribution in [3.8, 4) is 11.1 Å². The molecule has 0 aliphatic carbocycles. The maximum absolute atomic E-state index is 2.51. The summed E-state index contributed by atoms with van der Waals surface area (Å²) >= 11 is 0. The topological polar surface area (TPSA) is 9.03 Å². The van der Waals surface area contributed by atoms with E-state index in [-0.39, 0.29) is 0 Å². The minimum Gasteiger partial charge on any atom is -0.149 e. The minimum atomic E-state index is 0.347. The quantitative estimate of drug-likeness (QED) is 0.226. The zero-order valence-corrected chi connectivity index (χ0v) is 18.5. The van der Waals surface area contributed by atoms with E-state index in [4.69, 9.17) is 0 Å². The first-order valence-electron chi connectivity index (χ1n) is 11.0. The molecule has 0 N–H and O–H groups in total. The van der Waals surface area contributed by atoms with E-state index in [9.17, 15) is 0 Å². The molecule has 3 aromatic carbocycles. The van der Waals surface area contributed by atoms with E-state index in [0.29, 0.717) is 12.0 Å². The van der Waals surface area contributed by atoms with Gasteiger partial charge in [0.25, 0.3) is 5.52 Å². The van der Waals surface area contributed by atoms with E-state index >= 15 is 0 Å². The van der Waals surface area contributed by atoms with Crippen LogP contribution in [-0.4, -0.2) is 4.68 Å². The molecule has 0 unspecified atom stereocenters. The monoisotopic (exact) mass is 393 g/mol. The Morgan fingerprint density at radius 2 is 1.27 bits per heavy atom. The van der Waals surface area contributed by atoms with E-state index in [1.165, 1.54) is 49.6 Å². The molecule has 2 nitrogen and oxygen atoms in total. The Balaban J connectivity index is 2.17. The second kappa shape index (κ2) is 6.98. The van der Waals surface area contributed by atoms with Crippen molar-refractivity contribution < 1.29 is 4.52 Å². The minimum absolute atomic E-state index is 0.347. The van der Waals surface area contributed by atoms with Crippen LogP contribution >= 0.6 is 0 Å². The molecule has 0 spiro atoms. The maximum Gasteiger partial charge on any atom is 0.254 e. The number of benzene rings is 3. The number of aromatic nitrogens is 2. The van der Waals surface area contributed by atoms with Gasteiger partial charge in [0, 0.05) is 10.9 Å². The molecule has 2 heterocycles. The van der Waals surface area contributed by atoms with Crippen LogP contribution < -0.4 is 4.52 Å². The smallest absolute Gasteiger partial charge is 0.149 e. The van der Waals surface area contributed by atoms with Crippen LogP contribution in [0.3, 0.4) is 0 Å². The van der Waals surface area contributed by atoms with Crippen LogP contribution in [0.25, 0.3) is 38.3 Å². The third-order valence-corrected chi connectivity index (χ3v) is 6.29. The van der Waals surface area contributed by atoms with Crippen LogP contribution in [0.2, 0.25) is 0 Å². The zero-order valence-electron chi connectivity index (χ0n) is 18.5. The fourth-order valence-corrected chi connectivity index (χ4v) is 5.09. The normalized spacial score (nSPS) is 12.1. The summed E-state index contributed by atoms with van der Waals surface area (Å²) < 4.78 is 4.99. The van der Waals surface area contributed by atoms with Crippen LogP contribution in [0.15, 0.2) is 72.8 Å². The summed E-state index contributed by atoms with van der Waals surface area (Å²) in [6.07, 6.45) is 0.